The lowest BCUT2D eigenvalue weighted by molar-refractivity contribution is -0.112. The first kappa shape index (κ1) is 14.3. The standard InChI is InChI=1S/C16H13BrO3/c1-10(18)7-8-12-15(11-5-3-2-4-6-11)13(19)9-14(20)16(12)17/h2-9,19-20H,1H3/b8-7+. The summed E-state index contributed by atoms with van der Waals surface area (Å²) in [5.74, 6) is -0.232. The average Bonchev–Trinajstić information content (AvgIpc) is 2.42. The molecule has 20 heavy (non-hydrogen) atoms. The second kappa shape index (κ2) is 5.92. The topological polar surface area (TPSA) is 57.5 Å². The average molecular weight is 333 g/mol. The van der Waals surface area contributed by atoms with E-state index in [4.69, 9.17) is 0 Å². The molecule has 0 bridgehead atoms. The number of phenols is 2. The van der Waals surface area contributed by atoms with Crippen LogP contribution < -0.4 is 0 Å². The number of rotatable bonds is 3. The molecule has 102 valence electrons. The predicted molar refractivity (Wildman–Crippen MR) is 82.6 cm³/mol. The zero-order valence-corrected chi connectivity index (χ0v) is 12.4. The molecule has 0 aliphatic rings. The number of hydrogen-bond acceptors (Lipinski definition) is 3. The summed E-state index contributed by atoms with van der Waals surface area (Å²) in [6.07, 6.45) is 2.97. The van der Waals surface area contributed by atoms with Crippen molar-refractivity contribution in [3.63, 3.8) is 0 Å². The Kier molecular flexibility index (Phi) is 4.25. The molecule has 0 aromatic heterocycles. The molecular weight excluding hydrogens is 320 g/mol. The summed E-state index contributed by atoms with van der Waals surface area (Å²) < 4.78 is 0.437. The molecule has 0 spiro atoms. The molecule has 0 unspecified atom stereocenters. The van der Waals surface area contributed by atoms with Crippen molar-refractivity contribution >= 4 is 27.8 Å². The van der Waals surface area contributed by atoms with E-state index in [0.717, 1.165) is 5.56 Å². The molecule has 0 aliphatic carbocycles. The number of phenolic OH excluding ortho intramolecular Hbond substituents is 2. The first-order valence-corrected chi connectivity index (χ1v) is 6.78. The van der Waals surface area contributed by atoms with Crippen LogP contribution in [0.1, 0.15) is 12.5 Å². The van der Waals surface area contributed by atoms with Gasteiger partial charge in [0.25, 0.3) is 0 Å². The minimum absolute atomic E-state index is 0.0416. The van der Waals surface area contributed by atoms with Gasteiger partial charge in [-0.05, 0) is 40.6 Å². The predicted octanol–water partition coefficient (Wildman–Crippen LogP) is 4.13. The highest BCUT2D eigenvalue weighted by Crippen LogP contribution is 2.42. The maximum atomic E-state index is 11.1. The monoisotopic (exact) mass is 332 g/mol. The third-order valence-corrected chi connectivity index (χ3v) is 3.64. The normalized spacial score (nSPS) is 10.9. The maximum absolute atomic E-state index is 11.1. The van der Waals surface area contributed by atoms with Gasteiger partial charge in [0.2, 0.25) is 0 Å². The second-order valence-electron chi connectivity index (χ2n) is 4.33. The van der Waals surface area contributed by atoms with E-state index in [2.05, 4.69) is 15.9 Å². The smallest absolute Gasteiger partial charge is 0.152 e. The van der Waals surface area contributed by atoms with Crippen molar-refractivity contribution in [1.82, 2.24) is 0 Å². The number of benzene rings is 2. The van der Waals surface area contributed by atoms with Crippen LogP contribution >= 0.6 is 15.9 Å². The summed E-state index contributed by atoms with van der Waals surface area (Å²) in [4.78, 5) is 11.1. The largest absolute Gasteiger partial charge is 0.507 e. The molecule has 2 aromatic rings. The van der Waals surface area contributed by atoms with Gasteiger partial charge in [0, 0.05) is 17.2 Å². The third-order valence-electron chi connectivity index (χ3n) is 2.81. The van der Waals surface area contributed by atoms with E-state index >= 15 is 0 Å². The van der Waals surface area contributed by atoms with E-state index in [9.17, 15) is 15.0 Å². The molecule has 4 heteroatoms. The van der Waals surface area contributed by atoms with Crippen LogP contribution in [0.4, 0.5) is 0 Å². The van der Waals surface area contributed by atoms with Crippen molar-refractivity contribution in [2.24, 2.45) is 0 Å². The number of ketones is 1. The Balaban J connectivity index is 2.72. The lowest BCUT2D eigenvalue weighted by Crippen LogP contribution is -1.89. The highest BCUT2D eigenvalue weighted by atomic mass is 79.9. The summed E-state index contributed by atoms with van der Waals surface area (Å²) >= 11 is 3.29. The van der Waals surface area contributed by atoms with E-state index in [1.807, 2.05) is 30.3 Å². The van der Waals surface area contributed by atoms with Crippen LogP contribution in [0.3, 0.4) is 0 Å². The molecule has 0 aliphatic heterocycles. The van der Waals surface area contributed by atoms with Gasteiger partial charge in [-0.1, -0.05) is 30.3 Å². The van der Waals surface area contributed by atoms with Crippen molar-refractivity contribution < 1.29 is 15.0 Å². The fourth-order valence-electron chi connectivity index (χ4n) is 1.92. The van der Waals surface area contributed by atoms with Gasteiger partial charge in [0.1, 0.15) is 11.5 Å². The van der Waals surface area contributed by atoms with E-state index in [0.29, 0.717) is 15.6 Å². The van der Waals surface area contributed by atoms with Gasteiger partial charge in [-0.2, -0.15) is 0 Å². The van der Waals surface area contributed by atoms with E-state index in [1.165, 1.54) is 19.1 Å². The number of halogens is 1. The Morgan fingerprint density at radius 2 is 1.80 bits per heavy atom. The number of carbonyl (C=O) groups excluding carboxylic acids is 1. The summed E-state index contributed by atoms with van der Waals surface area (Å²) in [6, 6.07) is 10.6. The van der Waals surface area contributed by atoms with Gasteiger partial charge in [0.05, 0.1) is 4.47 Å². The summed E-state index contributed by atoms with van der Waals surface area (Å²) in [7, 11) is 0. The van der Waals surface area contributed by atoms with Gasteiger partial charge in [-0.3, -0.25) is 4.79 Å². The van der Waals surface area contributed by atoms with Crippen molar-refractivity contribution in [1.29, 1.82) is 0 Å². The Labute approximate surface area is 125 Å². The van der Waals surface area contributed by atoms with E-state index in [-0.39, 0.29) is 17.3 Å². The minimum Gasteiger partial charge on any atom is -0.507 e. The van der Waals surface area contributed by atoms with E-state index in [1.54, 1.807) is 6.08 Å². The lowest BCUT2D eigenvalue weighted by Gasteiger charge is -2.12. The molecule has 0 saturated carbocycles. The maximum Gasteiger partial charge on any atom is 0.152 e. The van der Waals surface area contributed by atoms with Gasteiger partial charge >= 0.3 is 0 Å². The summed E-state index contributed by atoms with van der Waals surface area (Å²) in [5.41, 5.74) is 1.92. The summed E-state index contributed by atoms with van der Waals surface area (Å²) in [5, 5.41) is 19.9. The zero-order valence-electron chi connectivity index (χ0n) is 10.8. The van der Waals surface area contributed by atoms with Crippen molar-refractivity contribution in [3.8, 4) is 22.6 Å². The fourth-order valence-corrected chi connectivity index (χ4v) is 2.36. The first-order chi connectivity index (χ1) is 9.50. The molecule has 0 saturated heterocycles. The van der Waals surface area contributed by atoms with E-state index < -0.39 is 0 Å². The Morgan fingerprint density at radius 1 is 1.15 bits per heavy atom. The highest BCUT2D eigenvalue weighted by Gasteiger charge is 2.15. The molecule has 0 heterocycles. The number of carbonyl (C=O) groups is 1. The molecular formula is C16H13BrO3. The Hall–Kier alpha value is -2.07. The van der Waals surface area contributed by atoms with Gasteiger partial charge in [-0.15, -0.1) is 0 Å². The highest BCUT2D eigenvalue weighted by molar-refractivity contribution is 9.10. The van der Waals surface area contributed by atoms with Crippen molar-refractivity contribution in [2.75, 3.05) is 0 Å². The quantitative estimate of drug-likeness (QED) is 0.831. The molecule has 0 fully saturated rings. The zero-order chi connectivity index (χ0) is 14.7. The molecule has 2 rings (SSSR count). The van der Waals surface area contributed by atoms with Crippen LogP contribution in [0.15, 0.2) is 46.9 Å². The number of hydrogen-bond donors (Lipinski definition) is 2. The summed E-state index contributed by atoms with van der Waals surface area (Å²) in [6.45, 7) is 1.44. The molecule has 0 atom stereocenters. The van der Waals surface area contributed by atoms with Gasteiger partial charge < -0.3 is 10.2 Å². The lowest BCUT2D eigenvalue weighted by atomic mass is 9.97. The Bertz CT molecular complexity index is 676. The molecule has 0 amide bonds. The minimum atomic E-state index is -0.112. The number of allylic oxidation sites excluding steroid dienone is 1. The fraction of sp³-hybridized carbons (Fsp3) is 0.0625. The van der Waals surface area contributed by atoms with Crippen molar-refractivity contribution in [2.45, 2.75) is 6.92 Å². The van der Waals surface area contributed by atoms with Crippen LogP contribution in [0.5, 0.6) is 11.5 Å². The SMILES string of the molecule is CC(=O)/C=C/c1c(Br)c(O)cc(O)c1-c1ccccc1. The first-order valence-electron chi connectivity index (χ1n) is 5.99. The van der Waals surface area contributed by atoms with Gasteiger partial charge in [-0.25, -0.2) is 0 Å². The molecule has 2 N–H and O–H groups in total. The van der Waals surface area contributed by atoms with Crippen LogP contribution in [0.25, 0.3) is 17.2 Å². The Morgan fingerprint density at radius 3 is 2.40 bits per heavy atom. The van der Waals surface area contributed by atoms with Gasteiger partial charge in [0.15, 0.2) is 5.78 Å². The van der Waals surface area contributed by atoms with Crippen LogP contribution in [-0.4, -0.2) is 16.0 Å². The molecule has 2 aromatic carbocycles. The van der Waals surface area contributed by atoms with Crippen LogP contribution in [0, 0.1) is 0 Å². The van der Waals surface area contributed by atoms with Crippen LogP contribution in [0.2, 0.25) is 0 Å². The van der Waals surface area contributed by atoms with Crippen molar-refractivity contribution in [3.05, 3.63) is 52.5 Å². The number of aromatic hydroxyl groups is 2. The third kappa shape index (κ3) is 2.91. The van der Waals surface area contributed by atoms with Crippen LogP contribution in [-0.2, 0) is 4.79 Å². The molecule has 0 radical (unpaired) electrons. The second-order valence-corrected chi connectivity index (χ2v) is 5.12. The molecule has 3 nitrogen and oxygen atoms in total.